The summed E-state index contributed by atoms with van der Waals surface area (Å²) in [6, 6.07) is 7.55. The standard InChI is InChI=1S/C17H21ClN4O2.ClH/c1-12-11-19-9-10-22(12)16(23)4-2-3-15-20-17(21-24-15)13-5-7-14(18)8-6-13;/h5-8,12,19H,2-4,9-11H2,1H3;1H. The van der Waals surface area contributed by atoms with Crippen molar-refractivity contribution in [3.63, 3.8) is 0 Å². The number of amides is 1. The van der Waals surface area contributed by atoms with E-state index in [9.17, 15) is 4.79 Å². The molecule has 25 heavy (non-hydrogen) atoms. The van der Waals surface area contributed by atoms with Crippen LogP contribution in [0.1, 0.15) is 25.7 Å². The Bertz CT molecular complexity index is 690. The van der Waals surface area contributed by atoms with Crippen LogP contribution < -0.4 is 5.32 Å². The number of piperazine rings is 1. The fraction of sp³-hybridized carbons (Fsp3) is 0.471. The summed E-state index contributed by atoms with van der Waals surface area (Å²) < 4.78 is 5.27. The third-order valence-electron chi connectivity index (χ3n) is 4.17. The molecule has 1 atom stereocenters. The van der Waals surface area contributed by atoms with Crippen LogP contribution in [-0.2, 0) is 11.2 Å². The van der Waals surface area contributed by atoms with Gasteiger partial charge in [0.1, 0.15) is 0 Å². The van der Waals surface area contributed by atoms with Crippen LogP contribution in [0.5, 0.6) is 0 Å². The van der Waals surface area contributed by atoms with Crippen LogP contribution >= 0.6 is 24.0 Å². The van der Waals surface area contributed by atoms with E-state index in [2.05, 4.69) is 22.4 Å². The van der Waals surface area contributed by atoms with E-state index >= 15 is 0 Å². The van der Waals surface area contributed by atoms with Crippen molar-refractivity contribution in [3.05, 3.63) is 35.2 Å². The van der Waals surface area contributed by atoms with Crippen molar-refractivity contribution >= 4 is 29.9 Å². The molecular weight excluding hydrogens is 363 g/mol. The number of halogens is 2. The molecule has 1 unspecified atom stereocenters. The molecule has 1 saturated heterocycles. The lowest BCUT2D eigenvalue weighted by molar-refractivity contribution is -0.134. The minimum absolute atomic E-state index is 0. The van der Waals surface area contributed by atoms with Gasteiger partial charge in [0.05, 0.1) is 0 Å². The molecule has 6 nitrogen and oxygen atoms in total. The number of carbonyl (C=O) groups excluding carboxylic acids is 1. The number of nitrogens with zero attached hydrogens (tertiary/aromatic N) is 3. The molecule has 1 amide bonds. The number of hydrogen-bond acceptors (Lipinski definition) is 5. The van der Waals surface area contributed by atoms with Gasteiger partial charge in [0.15, 0.2) is 0 Å². The van der Waals surface area contributed by atoms with Crippen LogP contribution in [-0.4, -0.2) is 46.6 Å². The van der Waals surface area contributed by atoms with Gasteiger partial charge in [0.2, 0.25) is 17.6 Å². The Balaban J connectivity index is 0.00000225. The van der Waals surface area contributed by atoms with Gasteiger partial charge in [-0.1, -0.05) is 16.8 Å². The molecule has 2 heterocycles. The first-order valence-electron chi connectivity index (χ1n) is 8.22. The van der Waals surface area contributed by atoms with Crippen molar-refractivity contribution in [2.75, 3.05) is 19.6 Å². The van der Waals surface area contributed by atoms with Crippen molar-refractivity contribution in [2.24, 2.45) is 0 Å². The second-order valence-electron chi connectivity index (χ2n) is 6.01. The Morgan fingerprint density at radius 3 is 2.88 bits per heavy atom. The first-order chi connectivity index (χ1) is 11.6. The molecule has 2 aromatic rings. The Morgan fingerprint density at radius 1 is 1.40 bits per heavy atom. The van der Waals surface area contributed by atoms with Crippen molar-refractivity contribution < 1.29 is 9.32 Å². The predicted octanol–water partition coefficient (Wildman–Crippen LogP) is 2.95. The van der Waals surface area contributed by atoms with Crippen molar-refractivity contribution in [3.8, 4) is 11.4 Å². The van der Waals surface area contributed by atoms with Gasteiger partial charge in [0.25, 0.3) is 0 Å². The Labute approximate surface area is 158 Å². The van der Waals surface area contributed by atoms with Crippen LogP contribution in [0.3, 0.4) is 0 Å². The maximum atomic E-state index is 12.3. The van der Waals surface area contributed by atoms with Crippen LogP contribution in [0.4, 0.5) is 0 Å². The molecule has 1 N–H and O–H groups in total. The van der Waals surface area contributed by atoms with E-state index in [-0.39, 0.29) is 24.4 Å². The minimum Gasteiger partial charge on any atom is -0.339 e. The van der Waals surface area contributed by atoms with Gasteiger partial charge >= 0.3 is 0 Å². The smallest absolute Gasteiger partial charge is 0.226 e. The quantitative estimate of drug-likeness (QED) is 0.857. The van der Waals surface area contributed by atoms with Crippen LogP contribution in [0.15, 0.2) is 28.8 Å². The molecule has 136 valence electrons. The summed E-state index contributed by atoms with van der Waals surface area (Å²) in [6.45, 7) is 4.58. The van der Waals surface area contributed by atoms with Crippen LogP contribution in [0, 0.1) is 0 Å². The number of nitrogens with one attached hydrogen (secondary N) is 1. The molecule has 0 radical (unpaired) electrons. The summed E-state index contributed by atoms with van der Waals surface area (Å²) in [4.78, 5) is 18.6. The average molecular weight is 385 g/mol. The predicted molar refractivity (Wildman–Crippen MR) is 99.0 cm³/mol. The Hall–Kier alpha value is -1.63. The highest BCUT2D eigenvalue weighted by molar-refractivity contribution is 6.30. The third-order valence-corrected chi connectivity index (χ3v) is 4.43. The normalized spacial score (nSPS) is 17.2. The van der Waals surface area contributed by atoms with Crippen molar-refractivity contribution in [1.29, 1.82) is 0 Å². The highest BCUT2D eigenvalue weighted by atomic mass is 35.5. The van der Waals surface area contributed by atoms with Gasteiger partial charge in [-0.2, -0.15) is 4.98 Å². The Morgan fingerprint density at radius 2 is 2.16 bits per heavy atom. The van der Waals surface area contributed by atoms with Gasteiger partial charge in [-0.25, -0.2) is 0 Å². The molecule has 1 aromatic carbocycles. The second kappa shape index (κ2) is 9.17. The van der Waals surface area contributed by atoms with E-state index in [0.29, 0.717) is 36.0 Å². The van der Waals surface area contributed by atoms with Gasteiger partial charge in [0, 0.05) is 49.1 Å². The monoisotopic (exact) mass is 384 g/mol. The Kier molecular flexibility index (Phi) is 7.23. The molecular formula is C17H22Cl2N4O2. The molecule has 0 bridgehead atoms. The number of aryl methyl sites for hydroxylation is 1. The molecule has 1 aromatic heterocycles. The zero-order valence-electron chi connectivity index (χ0n) is 14.1. The summed E-state index contributed by atoms with van der Waals surface area (Å²) in [5.74, 6) is 1.30. The van der Waals surface area contributed by atoms with E-state index in [1.165, 1.54) is 0 Å². The third kappa shape index (κ3) is 5.17. The number of hydrogen-bond donors (Lipinski definition) is 1. The zero-order valence-corrected chi connectivity index (χ0v) is 15.6. The van der Waals surface area contributed by atoms with Gasteiger partial charge < -0.3 is 14.7 Å². The van der Waals surface area contributed by atoms with Gasteiger partial charge in [-0.3, -0.25) is 4.79 Å². The average Bonchev–Trinajstić information content (AvgIpc) is 3.04. The van der Waals surface area contributed by atoms with E-state index < -0.39 is 0 Å². The molecule has 0 aliphatic carbocycles. The molecule has 0 saturated carbocycles. The van der Waals surface area contributed by atoms with Crippen LogP contribution in [0.2, 0.25) is 5.02 Å². The zero-order chi connectivity index (χ0) is 16.9. The summed E-state index contributed by atoms with van der Waals surface area (Å²) in [5.41, 5.74) is 0.861. The fourth-order valence-electron chi connectivity index (χ4n) is 2.82. The van der Waals surface area contributed by atoms with E-state index in [1.807, 2.05) is 17.0 Å². The number of rotatable bonds is 5. The lowest BCUT2D eigenvalue weighted by atomic mass is 10.1. The van der Waals surface area contributed by atoms with E-state index in [4.69, 9.17) is 16.1 Å². The lowest BCUT2D eigenvalue weighted by Crippen LogP contribution is -2.52. The first-order valence-corrected chi connectivity index (χ1v) is 8.60. The van der Waals surface area contributed by atoms with Crippen molar-refractivity contribution in [2.45, 2.75) is 32.2 Å². The molecule has 8 heteroatoms. The lowest BCUT2D eigenvalue weighted by Gasteiger charge is -2.34. The topological polar surface area (TPSA) is 71.3 Å². The minimum atomic E-state index is 0. The van der Waals surface area contributed by atoms with Crippen molar-refractivity contribution in [1.82, 2.24) is 20.4 Å². The van der Waals surface area contributed by atoms with E-state index in [1.54, 1.807) is 12.1 Å². The molecule has 3 rings (SSSR count). The number of carbonyl (C=O) groups is 1. The summed E-state index contributed by atoms with van der Waals surface area (Å²) in [6.07, 6.45) is 1.81. The highest BCUT2D eigenvalue weighted by Gasteiger charge is 2.22. The highest BCUT2D eigenvalue weighted by Crippen LogP contribution is 2.19. The second-order valence-corrected chi connectivity index (χ2v) is 6.45. The first kappa shape index (κ1) is 19.7. The van der Waals surface area contributed by atoms with Gasteiger partial charge in [-0.15, -0.1) is 12.4 Å². The number of benzene rings is 1. The molecule has 1 fully saturated rings. The van der Waals surface area contributed by atoms with Crippen LogP contribution in [0.25, 0.3) is 11.4 Å². The summed E-state index contributed by atoms with van der Waals surface area (Å²) in [5, 5.41) is 7.94. The SMILES string of the molecule is CC1CNCCN1C(=O)CCCc1nc(-c2ccc(Cl)cc2)no1.Cl. The molecule has 1 aliphatic heterocycles. The molecule has 0 spiro atoms. The number of aromatic nitrogens is 2. The maximum absolute atomic E-state index is 12.3. The largest absolute Gasteiger partial charge is 0.339 e. The molecule has 1 aliphatic rings. The fourth-order valence-corrected chi connectivity index (χ4v) is 2.94. The van der Waals surface area contributed by atoms with Gasteiger partial charge in [-0.05, 0) is 37.6 Å². The summed E-state index contributed by atoms with van der Waals surface area (Å²) >= 11 is 5.87. The summed E-state index contributed by atoms with van der Waals surface area (Å²) in [7, 11) is 0. The van der Waals surface area contributed by atoms with E-state index in [0.717, 1.165) is 25.2 Å². The maximum Gasteiger partial charge on any atom is 0.226 e.